The van der Waals surface area contributed by atoms with Crippen LogP contribution in [-0.2, 0) is 23.0 Å². The van der Waals surface area contributed by atoms with Crippen molar-refractivity contribution in [2.75, 3.05) is 20.1 Å². The first-order chi connectivity index (χ1) is 14.2. The Balaban J connectivity index is 0.00000480. The van der Waals surface area contributed by atoms with Gasteiger partial charge in [-0.05, 0) is 62.6 Å². The number of hydrogen-bond donors (Lipinski definition) is 2. The van der Waals surface area contributed by atoms with Gasteiger partial charge in [-0.25, -0.2) is 17.8 Å². The van der Waals surface area contributed by atoms with Crippen molar-refractivity contribution in [1.82, 2.24) is 14.9 Å². The molecule has 0 aliphatic heterocycles. The van der Waals surface area contributed by atoms with Crippen LogP contribution in [0.15, 0.2) is 58.4 Å². The number of nitrogens with one attached hydrogen (secondary N) is 2. The summed E-state index contributed by atoms with van der Waals surface area (Å²) in [5.41, 5.74) is 1.82. The molecule has 2 rings (SSSR count). The smallest absolute Gasteiger partial charge is 0.243 e. The quantitative estimate of drug-likeness (QED) is 0.277. The predicted molar refractivity (Wildman–Crippen MR) is 135 cm³/mol. The van der Waals surface area contributed by atoms with E-state index in [0.29, 0.717) is 32.0 Å². The first-order valence-corrected chi connectivity index (χ1v) is 11.5. The Morgan fingerprint density at radius 1 is 1.10 bits per heavy atom. The first kappa shape index (κ1) is 27.3. The third kappa shape index (κ3) is 8.38. The van der Waals surface area contributed by atoms with Crippen LogP contribution >= 0.6 is 24.0 Å². The van der Waals surface area contributed by atoms with Crippen LogP contribution in [0.3, 0.4) is 0 Å². The Hall–Kier alpha value is -1.72. The Kier molecular flexibility index (Phi) is 11.4. The summed E-state index contributed by atoms with van der Waals surface area (Å²) in [6, 6.07) is 13.2. The molecule has 172 valence electrons. The summed E-state index contributed by atoms with van der Waals surface area (Å²) in [5.74, 6) is 0.420. The first-order valence-electron chi connectivity index (χ1n) is 10.1. The van der Waals surface area contributed by atoms with Gasteiger partial charge in [-0.3, -0.25) is 0 Å². The second-order valence-corrected chi connectivity index (χ2v) is 9.26. The lowest BCUT2D eigenvalue weighted by Gasteiger charge is -2.21. The summed E-state index contributed by atoms with van der Waals surface area (Å²) in [5, 5.41) is 6.41. The molecule has 0 heterocycles. The van der Waals surface area contributed by atoms with Crippen molar-refractivity contribution in [3.63, 3.8) is 0 Å². The van der Waals surface area contributed by atoms with E-state index in [1.807, 2.05) is 26.8 Å². The Morgan fingerprint density at radius 2 is 1.77 bits per heavy atom. The van der Waals surface area contributed by atoms with Gasteiger partial charge in [0, 0.05) is 26.2 Å². The van der Waals surface area contributed by atoms with Gasteiger partial charge < -0.3 is 10.6 Å². The summed E-state index contributed by atoms with van der Waals surface area (Å²) < 4.78 is 39.7. The molecular formula is C22H32FIN4O2S. The van der Waals surface area contributed by atoms with Crippen molar-refractivity contribution in [3.05, 3.63) is 65.5 Å². The highest BCUT2D eigenvalue weighted by Crippen LogP contribution is 2.17. The van der Waals surface area contributed by atoms with E-state index < -0.39 is 10.0 Å². The van der Waals surface area contributed by atoms with E-state index in [4.69, 9.17) is 0 Å². The highest BCUT2D eigenvalue weighted by molar-refractivity contribution is 14.0. The second kappa shape index (κ2) is 13.0. The maximum absolute atomic E-state index is 13.3. The molecule has 0 atom stereocenters. The molecule has 0 saturated heterocycles. The number of sulfonamides is 1. The zero-order valence-electron chi connectivity index (χ0n) is 18.4. The summed E-state index contributed by atoms with van der Waals surface area (Å²) in [6.07, 6.45) is 0.679. The predicted octanol–water partition coefficient (Wildman–Crippen LogP) is 3.77. The minimum Gasteiger partial charge on any atom is -0.357 e. The molecule has 0 amide bonds. The molecule has 9 heteroatoms. The molecule has 0 aliphatic carbocycles. The third-order valence-electron chi connectivity index (χ3n) is 4.69. The van der Waals surface area contributed by atoms with Crippen LogP contribution in [0.2, 0.25) is 0 Å². The Labute approximate surface area is 202 Å². The van der Waals surface area contributed by atoms with Gasteiger partial charge in [-0.1, -0.05) is 24.3 Å². The third-order valence-corrected chi connectivity index (χ3v) is 6.73. The van der Waals surface area contributed by atoms with Crippen LogP contribution in [-0.4, -0.2) is 44.9 Å². The fraction of sp³-hybridized carbons (Fsp3) is 0.409. The molecule has 0 bridgehead atoms. The number of guanidine groups is 1. The highest BCUT2D eigenvalue weighted by Gasteiger charge is 2.22. The maximum atomic E-state index is 13.3. The summed E-state index contributed by atoms with van der Waals surface area (Å²) in [4.78, 5) is 4.82. The fourth-order valence-electron chi connectivity index (χ4n) is 2.74. The standard InChI is InChI=1S/C22H31FN4O2S.HI/c1-5-24-22(25-14-13-18-7-6-8-20(23)15-18)26-16-19-9-11-21(12-10-19)30(28,29)27(4)17(2)3;/h6-12,15,17H,5,13-14,16H2,1-4H3,(H2,24,25,26);1H. The van der Waals surface area contributed by atoms with Crippen molar-refractivity contribution in [3.8, 4) is 0 Å². The van der Waals surface area contributed by atoms with E-state index in [2.05, 4.69) is 15.6 Å². The van der Waals surface area contributed by atoms with E-state index in [9.17, 15) is 12.8 Å². The fourth-order valence-corrected chi connectivity index (χ4v) is 4.11. The lowest BCUT2D eigenvalue weighted by molar-refractivity contribution is 0.410. The minimum absolute atomic E-state index is 0. The lowest BCUT2D eigenvalue weighted by Crippen LogP contribution is -2.38. The van der Waals surface area contributed by atoms with E-state index in [1.54, 1.807) is 37.4 Å². The number of nitrogens with zero attached hydrogens (tertiary/aromatic N) is 2. The number of aliphatic imine (C=N–C) groups is 1. The van der Waals surface area contributed by atoms with Gasteiger partial charge in [0.15, 0.2) is 5.96 Å². The van der Waals surface area contributed by atoms with Gasteiger partial charge in [-0.2, -0.15) is 4.31 Å². The Bertz CT molecular complexity index is 950. The summed E-state index contributed by atoms with van der Waals surface area (Å²) in [7, 11) is -1.91. The molecule has 2 aromatic carbocycles. The molecule has 0 radical (unpaired) electrons. The van der Waals surface area contributed by atoms with Crippen LogP contribution in [0.1, 0.15) is 31.9 Å². The van der Waals surface area contributed by atoms with E-state index in [-0.39, 0.29) is 40.7 Å². The number of hydrogen-bond acceptors (Lipinski definition) is 3. The van der Waals surface area contributed by atoms with Crippen molar-refractivity contribution < 1.29 is 12.8 Å². The van der Waals surface area contributed by atoms with Gasteiger partial charge >= 0.3 is 0 Å². The average molecular weight is 562 g/mol. The summed E-state index contributed by atoms with van der Waals surface area (Å²) >= 11 is 0. The SMILES string of the molecule is CCNC(=NCc1ccc(S(=O)(=O)N(C)C(C)C)cc1)NCCc1cccc(F)c1.I. The highest BCUT2D eigenvalue weighted by atomic mass is 127. The molecule has 31 heavy (non-hydrogen) atoms. The molecule has 0 aliphatic rings. The number of rotatable bonds is 9. The number of benzene rings is 2. The van der Waals surface area contributed by atoms with Crippen molar-refractivity contribution in [2.24, 2.45) is 4.99 Å². The van der Waals surface area contributed by atoms with Crippen LogP contribution in [0.25, 0.3) is 0 Å². The van der Waals surface area contributed by atoms with E-state index in [0.717, 1.165) is 11.1 Å². The maximum Gasteiger partial charge on any atom is 0.243 e. The number of halogens is 2. The molecule has 0 saturated carbocycles. The monoisotopic (exact) mass is 562 g/mol. The van der Waals surface area contributed by atoms with Crippen molar-refractivity contribution in [1.29, 1.82) is 0 Å². The van der Waals surface area contributed by atoms with E-state index >= 15 is 0 Å². The van der Waals surface area contributed by atoms with Gasteiger partial charge in [0.25, 0.3) is 0 Å². The second-order valence-electron chi connectivity index (χ2n) is 7.26. The molecule has 0 spiro atoms. The zero-order chi connectivity index (χ0) is 22.1. The molecular weight excluding hydrogens is 530 g/mol. The lowest BCUT2D eigenvalue weighted by atomic mass is 10.1. The normalized spacial score (nSPS) is 12.0. The van der Waals surface area contributed by atoms with Crippen molar-refractivity contribution >= 4 is 40.0 Å². The summed E-state index contributed by atoms with van der Waals surface area (Å²) in [6.45, 7) is 7.40. The van der Waals surface area contributed by atoms with Gasteiger partial charge in [0.05, 0.1) is 11.4 Å². The topological polar surface area (TPSA) is 73.8 Å². The Morgan fingerprint density at radius 3 is 2.35 bits per heavy atom. The van der Waals surface area contributed by atoms with Crippen LogP contribution in [0.4, 0.5) is 4.39 Å². The average Bonchev–Trinajstić information content (AvgIpc) is 2.71. The molecule has 0 aromatic heterocycles. The largest absolute Gasteiger partial charge is 0.357 e. The molecule has 2 N–H and O–H groups in total. The van der Waals surface area contributed by atoms with Gasteiger partial charge in [0.2, 0.25) is 10.0 Å². The van der Waals surface area contributed by atoms with Gasteiger partial charge in [0.1, 0.15) is 5.82 Å². The van der Waals surface area contributed by atoms with Crippen LogP contribution < -0.4 is 10.6 Å². The van der Waals surface area contributed by atoms with Crippen molar-refractivity contribution in [2.45, 2.75) is 44.7 Å². The van der Waals surface area contributed by atoms with E-state index in [1.165, 1.54) is 16.4 Å². The molecule has 0 unspecified atom stereocenters. The molecule has 2 aromatic rings. The van der Waals surface area contributed by atoms with Crippen LogP contribution in [0.5, 0.6) is 0 Å². The van der Waals surface area contributed by atoms with Gasteiger partial charge in [-0.15, -0.1) is 24.0 Å². The van der Waals surface area contributed by atoms with Crippen LogP contribution in [0, 0.1) is 5.82 Å². The zero-order valence-corrected chi connectivity index (χ0v) is 21.6. The molecule has 0 fully saturated rings. The minimum atomic E-state index is -3.49. The molecule has 6 nitrogen and oxygen atoms in total.